The van der Waals surface area contributed by atoms with Crippen LogP contribution in [0.4, 0.5) is 0 Å². The van der Waals surface area contributed by atoms with Gasteiger partial charge in [0.2, 0.25) is 5.91 Å². The van der Waals surface area contributed by atoms with Gasteiger partial charge < -0.3 is 10.1 Å². The predicted molar refractivity (Wildman–Crippen MR) is 113 cm³/mol. The van der Waals surface area contributed by atoms with Crippen molar-refractivity contribution >= 4 is 32.7 Å². The molecule has 28 heavy (non-hydrogen) atoms. The molecular weight excluding hydrogens is 422 g/mol. The lowest BCUT2D eigenvalue weighted by atomic mass is 10.1. The van der Waals surface area contributed by atoms with E-state index in [4.69, 9.17) is 4.74 Å². The second-order valence-corrected chi connectivity index (χ2v) is 7.49. The Morgan fingerprint density at radius 1 is 1.25 bits per heavy atom. The highest BCUT2D eigenvalue weighted by molar-refractivity contribution is 9.10. The van der Waals surface area contributed by atoms with Crippen molar-refractivity contribution in [3.63, 3.8) is 0 Å². The van der Waals surface area contributed by atoms with Gasteiger partial charge in [-0.2, -0.15) is 0 Å². The van der Waals surface area contributed by atoms with E-state index in [0.717, 1.165) is 21.3 Å². The van der Waals surface area contributed by atoms with Gasteiger partial charge in [-0.25, -0.2) is 4.98 Å². The molecule has 0 radical (unpaired) electrons. The third-order valence-electron chi connectivity index (χ3n) is 4.52. The number of carbonyl (C=O) groups excluding carboxylic acids is 1. The van der Waals surface area contributed by atoms with Crippen molar-refractivity contribution in [3.05, 3.63) is 68.7 Å². The van der Waals surface area contributed by atoms with Crippen LogP contribution in [0.15, 0.2) is 52.0 Å². The van der Waals surface area contributed by atoms with Crippen LogP contribution in [-0.2, 0) is 17.8 Å². The van der Waals surface area contributed by atoms with Crippen LogP contribution in [0.25, 0.3) is 10.9 Å². The fourth-order valence-electron chi connectivity index (χ4n) is 3.04. The SMILES string of the molecule is COc1ccc(C)cc1CCNC(=O)CCn1cnc2ccc(Br)cc2c1=O. The molecule has 0 unspecified atom stereocenters. The summed E-state index contributed by atoms with van der Waals surface area (Å²) < 4.78 is 7.65. The number of carbonyl (C=O) groups is 1. The van der Waals surface area contributed by atoms with Crippen LogP contribution in [0.3, 0.4) is 0 Å². The standard InChI is InChI=1S/C21H22BrN3O3/c1-14-3-6-19(28-2)15(11-14)7-9-23-20(26)8-10-25-13-24-18-5-4-16(22)12-17(18)21(25)27/h3-6,11-13H,7-10H2,1-2H3,(H,23,26). The molecule has 1 N–H and O–H groups in total. The molecule has 1 heterocycles. The number of amides is 1. The Hall–Kier alpha value is -2.67. The van der Waals surface area contributed by atoms with E-state index in [0.29, 0.717) is 23.9 Å². The lowest BCUT2D eigenvalue weighted by Crippen LogP contribution is -2.29. The smallest absolute Gasteiger partial charge is 0.261 e. The zero-order valence-electron chi connectivity index (χ0n) is 15.9. The van der Waals surface area contributed by atoms with E-state index < -0.39 is 0 Å². The average molecular weight is 444 g/mol. The minimum atomic E-state index is -0.149. The number of nitrogens with zero attached hydrogens (tertiary/aromatic N) is 2. The molecule has 3 aromatic rings. The summed E-state index contributed by atoms with van der Waals surface area (Å²) in [6, 6.07) is 11.4. The van der Waals surface area contributed by atoms with Gasteiger partial charge in [0, 0.05) is 24.0 Å². The van der Waals surface area contributed by atoms with Gasteiger partial charge in [0.15, 0.2) is 0 Å². The van der Waals surface area contributed by atoms with Crippen molar-refractivity contribution in [2.24, 2.45) is 0 Å². The molecule has 6 nitrogen and oxygen atoms in total. The van der Waals surface area contributed by atoms with Crippen molar-refractivity contribution < 1.29 is 9.53 Å². The van der Waals surface area contributed by atoms with Crippen molar-refractivity contribution in [2.45, 2.75) is 26.3 Å². The number of hydrogen-bond donors (Lipinski definition) is 1. The molecule has 0 spiro atoms. The minimum Gasteiger partial charge on any atom is -0.496 e. The molecule has 1 aromatic heterocycles. The first-order valence-electron chi connectivity index (χ1n) is 9.03. The fraction of sp³-hybridized carbons (Fsp3) is 0.286. The third-order valence-corrected chi connectivity index (χ3v) is 5.01. The summed E-state index contributed by atoms with van der Waals surface area (Å²) in [6.45, 7) is 2.82. The van der Waals surface area contributed by atoms with Gasteiger partial charge in [-0.05, 0) is 43.2 Å². The second kappa shape index (κ2) is 9.01. The summed E-state index contributed by atoms with van der Waals surface area (Å²) in [6.07, 6.45) is 2.39. The van der Waals surface area contributed by atoms with E-state index in [2.05, 4.69) is 32.3 Å². The quantitative estimate of drug-likeness (QED) is 0.608. The van der Waals surface area contributed by atoms with Gasteiger partial charge in [-0.3, -0.25) is 14.2 Å². The predicted octanol–water partition coefficient (Wildman–Crippen LogP) is 3.23. The summed E-state index contributed by atoms with van der Waals surface area (Å²) in [5.41, 5.74) is 2.70. The first-order valence-corrected chi connectivity index (χ1v) is 9.82. The topological polar surface area (TPSA) is 73.2 Å². The maximum absolute atomic E-state index is 12.6. The Morgan fingerprint density at radius 2 is 2.07 bits per heavy atom. The number of methoxy groups -OCH3 is 1. The van der Waals surface area contributed by atoms with Gasteiger partial charge in [0.05, 0.1) is 24.3 Å². The molecule has 3 rings (SSSR count). The van der Waals surface area contributed by atoms with Gasteiger partial charge in [0.1, 0.15) is 5.75 Å². The van der Waals surface area contributed by atoms with E-state index in [1.54, 1.807) is 19.2 Å². The maximum Gasteiger partial charge on any atom is 0.261 e. The van der Waals surface area contributed by atoms with Crippen LogP contribution >= 0.6 is 15.9 Å². The highest BCUT2D eigenvalue weighted by atomic mass is 79.9. The molecule has 0 aliphatic rings. The highest BCUT2D eigenvalue weighted by Crippen LogP contribution is 2.19. The van der Waals surface area contributed by atoms with Crippen molar-refractivity contribution in [2.75, 3.05) is 13.7 Å². The zero-order chi connectivity index (χ0) is 20.1. The zero-order valence-corrected chi connectivity index (χ0v) is 17.5. The Balaban J connectivity index is 1.56. The molecule has 7 heteroatoms. The van der Waals surface area contributed by atoms with Crippen molar-refractivity contribution in [1.82, 2.24) is 14.9 Å². The Bertz CT molecular complexity index is 1060. The number of aryl methyl sites for hydroxylation is 2. The van der Waals surface area contributed by atoms with Crippen molar-refractivity contribution in [1.29, 1.82) is 0 Å². The first-order chi connectivity index (χ1) is 13.5. The van der Waals surface area contributed by atoms with Crippen LogP contribution in [0.1, 0.15) is 17.5 Å². The lowest BCUT2D eigenvalue weighted by molar-refractivity contribution is -0.121. The van der Waals surface area contributed by atoms with Crippen LogP contribution in [-0.4, -0.2) is 29.1 Å². The van der Waals surface area contributed by atoms with E-state index in [1.807, 2.05) is 25.1 Å². The molecule has 0 atom stereocenters. The molecule has 0 fully saturated rings. The molecule has 0 aliphatic heterocycles. The van der Waals surface area contributed by atoms with E-state index in [9.17, 15) is 9.59 Å². The van der Waals surface area contributed by atoms with Crippen molar-refractivity contribution in [3.8, 4) is 5.75 Å². The van der Waals surface area contributed by atoms with Crippen LogP contribution in [0, 0.1) is 6.92 Å². The largest absolute Gasteiger partial charge is 0.496 e. The van der Waals surface area contributed by atoms with E-state index >= 15 is 0 Å². The lowest BCUT2D eigenvalue weighted by Gasteiger charge is -2.11. The van der Waals surface area contributed by atoms with Crippen LogP contribution in [0.2, 0.25) is 0 Å². The van der Waals surface area contributed by atoms with E-state index in [1.165, 1.54) is 10.9 Å². The monoisotopic (exact) mass is 443 g/mol. The number of benzene rings is 2. The van der Waals surface area contributed by atoms with Gasteiger partial charge in [0.25, 0.3) is 5.56 Å². The Morgan fingerprint density at radius 3 is 2.86 bits per heavy atom. The highest BCUT2D eigenvalue weighted by Gasteiger charge is 2.08. The first kappa shape index (κ1) is 20.1. The van der Waals surface area contributed by atoms with Gasteiger partial charge in [-0.15, -0.1) is 0 Å². The molecule has 0 bridgehead atoms. The third kappa shape index (κ3) is 4.78. The molecule has 2 aromatic carbocycles. The molecule has 0 saturated carbocycles. The van der Waals surface area contributed by atoms with Crippen LogP contribution in [0.5, 0.6) is 5.75 Å². The maximum atomic E-state index is 12.6. The number of fused-ring (bicyclic) bond motifs is 1. The van der Waals surface area contributed by atoms with Gasteiger partial charge in [-0.1, -0.05) is 33.6 Å². The second-order valence-electron chi connectivity index (χ2n) is 6.57. The normalized spacial score (nSPS) is 10.8. The number of halogens is 1. The fourth-order valence-corrected chi connectivity index (χ4v) is 3.40. The number of nitrogens with one attached hydrogen (secondary N) is 1. The van der Waals surface area contributed by atoms with E-state index in [-0.39, 0.29) is 24.4 Å². The number of aromatic nitrogens is 2. The molecule has 1 amide bonds. The van der Waals surface area contributed by atoms with Crippen LogP contribution < -0.4 is 15.6 Å². The Labute approximate surface area is 171 Å². The number of ether oxygens (including phenoxy) is 1. The molecule has 0 aliphatic carbocycles. The summed E-state index contributed by atoms with van der Waals surface area (Å²) in [7, 11) is 1.64. The molecule has 146 valence electrons. The van der Waals surface area contributed by atoms with Gasteiger partial charge >= 0.3 is 0 Å². The minimum absolute atomic E-state index is 0.104. The summed E-state index contributed by atoms with van der Waals surface area (Å²) in [4.78, 5) is 29.0. The average Bonchev–Trinajstić information content (AvgIpc) is 2.68. The molecule has 0 saturated heterocycles. The number of hydrogen-bond acceptors (Lipinski definition) is 4. The molecular formula is C21H22BrN3O3. The Kier molecular flexibility index (Phi) is 6.46. The number of rotatable bonds is 7. The summed E-state index contributed by atoms with van der Waals surface area (Å²) in [5, 5.41) is 3.43. The summed E-state index contributed by atoms with van der Waals surface area (Å²) >= 11 is 3.37. The summed E-state index contributed by atoms with van der Waals surface area (Å²) in [5.74, 6) is 0.715.